The number of hydrogen-bond donors (Lipinski definition) is 1. The number of imide groups is 1. The zero-order valence-corrected chi connectivity index (χ0v) is 15.7. The minimum atomic E-state index is -0.964. The van der Waals surface area contributed by atoms with Gasteiger partial charge in [-0.25, -0.2) is 9.59 Å². The minimum Gasteiger partial charge on any atom is -0.444 e. The summed E-state index contributed by atoms with van der Waals surface area (Å²) in [6.07, 6.45) is 5.01. The Hall–Kier alpha value is -2.12. The van der Waals surface area contributed by atoms with Gasteiger partial charge in [-0.05, 0) is 33.1 Å². The largest absolute Gasteiger partial charge is 0.444 e. The van der Waals surface area contributed by atoms with Crippen LogP contribution in [0.5, 0.6) is 0 Å². The van der Waals surface area contributed by atoms with Gasteiger partial charge in [0, 0.05) is 12.8 Å². The summed E-state index contributed by atoms with van der Waals surface area (Å²) in [5, 5.41) is 3.05. The molecule has 1 saturated heterocycles. The normalized spacial score (nSPS) is 20.0. The molecule has 2 fully saturated rings. The van der Waals surface area contributed by atoms with Crippen LogP contribution in [-0.2, 0) is 24.0 Å². The van der Waals surface area contributed by atoms with Crippen molar-refractivity contribution in [1.82, 2.24) is 10.4 Å². The van der Waals surface area contributed by atoms with E-state index >= 15 is 0 Å². The van der Waals surface area contributed by atoms with Crippen molar-refractivity contribution >= 4 is 23.9 Å². The molecule has 8 nitrogen and oxygen atoms in total. The van der Waals surface area contributed by atoms with Gasteiger partial charge < -0.3 is 14.9 Å². The fourth-order valence-electron chi connectivity index (χ4n) is 3.23. The monoisotopic (exact) mass is 368 g/mol. The van der Waals surface area contributed by atoms with Crippen LogP contribution in [0.4, 0.5) is 4.79 Å². The number of carbonyl (C=O) groups is 4. The average Bonchev–Trinajstić information content (AvgIpc) is 2.85. The third-order valence-corrected chi connectivity index (χ3v) is 4.46. The fraction of sp³-hybridized carbons (Fsp3) is 0.778. The highest BCUT2D eigenvalue weighted by Crippen LogP contribution is 2.28. The van der Waals surface area contributed by atoms with E-state index in [4.69, 9.17) is 9.57 Å². The van der Waals surface area contributed by atoms with Crippen LogP contribution in [0, 0.1) is 5.92 Å². The highest BCUT2D eigenvalue weighted by Gasteiger charge is 2.36. The summed E-state index contributed by atoms with van der Waals surface area (Å²) in [5.41, 5.74) is -0.704. The first kappa shape index (κ1) is 20.2. The van der Waals surface area contributed by atoms with E-state index in [2.05, 4.69) is 5.32 Å². The Morgan fingerprint density at radius 1 is 1.12 bits per heavy atom. The van der Waals surface area contributed by atoms with Gasteiger partial charge in [-0.1, -0.05) is 32.1 Å². The van der Waals surface area contributed by atoms with Crippen molar-refractivity contribution in [3.8, 4) is 0 Å². The Morgan fingerprint density at radius 3 is 2.23 bits per heavy atom. The highest BCUT2D eigenvalue weighted by molar-refractivity contribution is 6.01. The quantitative estimate of drug-likeness (QED) is 0.748. The molecule has 3 amide bonds. The Balaban J connectivity index is 2.02. The van der Waals surface area contributed by atoms with Crippen molar-refractivity contribution in [3.63, 3.8) is 0 Å². The second kappa shape index (κ2) is 8.51. The molecule has 1 saturated carbocycles. The molecule has 0 bridgehead atoms. The predicted octanol–water partition coefficient (Wildman–Crippen LogP) is 2.46. The lowest BCUT2D eigenvalue weighted by atomic mass is 9.85. The molecule has 8 heteroatoms. The number of hydrogen-bond acceptors (Lipinski definition) is 6. The number of rotatable bonds is 5. The average molecular weight is 368 g/mol. The van der Waals surface area contributed by atoms with Gasteiger partial charge in [-0.2, -0.15) is 0 Å². The molecular weight excluding hydrogens is 340 g/mol. The lowest BCUT2D eigenvalue weighted by molar-refractivity contribution is -0.199. The van der Waals surface area contributed by atoms with Gasteiger partial charge in [0.1, 0.15) is 11.6 Å². The zero-order chi connectivity index (χ0) is 19.3. The van der Waals surface area contributed by atoms with Crippen molar-refractivity contribution in [2.24, 2.45) is 5.92 Å². The van der Waals surface area contributed by atoms with Crippen molar-refractivity contribution in [2.75, 3.05) is 0 Å². The van der Waals surface area contributed by atoms with E-state index in [1.807, 2.05) is 0 Å². The number of carbonyl (C=O) groups excluding carboxylic acids is 4. The van der Waals surface area contributed by atoms with Crippen LogP contribution in [0.2, 0.25) is 0 Å². The molecule has 0 spiro atoms. The maximum absolute atomic E-state index is 12.5. The first-order valence-electron chi connectivity index (χ1n) is 9.23. The number of hydroxylamine groups is 2. The van der Waals surface area contributed by atoms with E-state index in [1.165, 1.54) is 6.42 Å². The summed E-state index contributed by atoms with van der Waals surface area (Å²) in [6, 6.07) is -0.964. The van der Waals surface area contributed by atoms with E-state index in [-0.39, 0.29) is 18.8 Å². The number of alkyl carbamates (subject to hydrolysis) is 1. The van der Waals surface area contributed by atoms with Crippen LogP contribution >= 0.6 is 0 Å². The first-order valence-corrected chi connectivity index (χ1v) is 9.23. The second-order valence-corrected chi connectivity index (χ2v) is 7.93. The van der Waals surface area contributed by atoms with Crippen LogP contribution in [0.1, 0.15) is 72.1 Å². The van der Waals surface area contributed by atoms with E-state index in [9.17, 15) is 19.2 Å². The lowest BCUT2D eigenvalue weighted by Crippen LogP contribution is -2.47. The molecule has 1 atom stereocenters. The van der Waals surface area contributed by atoms with Gasteiger partial charge in [-0.3, -0.25) is 9.59 Å². The molecule has 1 unspecified atom stereocenters. The molecule has 146 valence electrons. The van der Waals surface area contributed by atoms with Crippen LogP contribution in [0.3, 0.4) is 0 Å². The summed E-state index contributed by atoms with van der Waals surface area (Å²) < 4.78 is 5.21. The molecule has 0 radical (unpaired) electrons. The van der Waals surface area contributed by atoms with E-state index in [0.29, 0.717) is 11.5 Å². The fourth-order valence-corrected chi connectivity index (χ4v) is 3.23. The smallest absolute Gasteiger partial charge is 0.408 e. The van der Waals surface area contributed by atoms with Crippen LogP contribution < -0.4 is 5.32 Å². The standard InChI is InChI=1S/C18H28N2O6/c1-18(2,3)25-17(24)19-13(11-12-7-5-4-6-8-12)16(23)26-20-14(21)9-10-15(20)22/h12-13H,4-11H2,1-3H3,(H,19,24). The maximum Gasteiger partial charge on any atom is 0.408 e. The maximum atomic E-state index is 12.5. The first-order chi connectivity index (χ1) is 12.2. The van der Waals surface area contributed by atoms with Crippen molar-refractivity contribution in [2.45, 2.75) is 83.8 Å². The number of nitrogens with one attached hydrogen (secondary N) is 1. The van der Waals surface area contributed by atoms with Gasteiger partial charge in [0.25, 0.3) is 11.8 Å². The van der Waals surface area contributed by atoms with Gasteiger partial charge >= 0.3 is 12.1 Å². The predicted molar refractivity (Wildman–Crippen MR) is 91.5 cm³/mol. The molecular formula is C18H28N2O6. The Bertz CT molecular complexity index is 547. The minimum absolute atomic E-state index is 0.0267. The van der Waals surface area contributed by atoms with E-state index < -0.39 is 35.5 Å². The number of amides is 3. The molecule has 1 N–H and O–H groups in total. The van der Waals surface area contributed by atoms with Crippen molar-refractivity contribution in [3.05, 3.63) is 0 Å². The Morgan fingerprint density at radius 2 is 1.69 bits per heavy atom. The molecule has 0 aromatic carbocycles. The van der Waals surface area contributed by atoms with Gasteiger partial charge in [0.2, 0.25) is 0 Å². The Kier molecular flexibility index (Phi) is 6.61. The zero-order valence-electron chi connectivity index (χ0n) is 15.7. The molecule has 26 heavy (non-hydrogen) atoms. The third-order valence-electron chi connectivity index (χ3n) is 4.46. The summed E-state index contributed by atoms with van der Waals surface area (Å²) in [6.45, 7) is 5.17. The molecule has 2 aliphatic rings. The van der Waals surface area contributed by atoms with Crippen molar-refractivity contribution < 1.29 is 28.8 Å². The van der Waals surface area contributed by atoms with E-state index in [1.54, 1.807) is 20.8 Å². The summed E-state index contributed by atoms with van der Waals surface area (Å²) >= 11 is 0. The highest BCUT2D eigenvalue weighted by atomic mass is 16.7. The summed E-state index contributed by atoms with van der Waals surface area (Å²) in [5.74, 6) is -1.62. The number of nitrogens with zero attached hydrogens (tertiary/aromatic N) is 1. The third kappa shape index (κ3) is 6.00. The lowest BCUT2D eigenvalue weighted by Gasteiger charge is -2.27. The molecule has 1 heterocycles. The molecule has 1 aliphatic heterocycles. The van der Waals surface area contributed by atoms with Gasteiger partial charge in [0.05, 0.1) is 0 Å². The Labute approximate surface area is 153 Å². The SMILES string of the molecule is CC(C)(C)OC(=O)NC(CC1CCCCC1)C(=O)ON1C(=O)CCC1=O. The van der Waals surface area contributed by atoms with Crippen molar-refractivity contribution in [1.29, 1.82) is 0 Å². The second-order valence-electron chi connectivity index (χ2n) is 7.93. The molecule has 0 aromatic rings. The van der Waals surface area contributed by atoms with Gasteiger partial charge in [0.15, 0.2) is 0 Å². The summed E-state index contributed by atoms with van der Waals surface area (Å²) in [4.78, 5) is 52.9. The number of ether oxygens (including phenoxy) is 1. The molecule has 2 rings (SSSR count). The van der Waals surface area contributed by atoms with Crippen LogP contribution in [0.15, 0.2) is 0 Å². The topological polar surface area (TPSA) is 102 Å². The van der Waals surface area contributed by atoms with E-state index in [0.717, 1.165) is 25.7 Å². The molecule has 0 aromatic heterocycles. The van der Waals surface area contributed by atoms with Crippen LogP contribution in [0.25, 0.3) is 0 Å². The summed E-state index contributed by atoms with van der Waals surface area (Å²) in [7, 11) is 0. The van der Waals surface area contributed by atoms with Crippen LogP contribution in [-0.4, -0.2) is 40.6 Å². The molecule has 1 aliphatic carbocycles. The van der Waals surface area contributed by atoms with Gasteiger partial charge in [-0.15, -0.1) is 5.06 Å².